The molecular weight excluding hydrogens is 402 g/mol. The molecule has 1 atom stereocenters. The van der Waals surface area contributed by atoms with E-state index in [9.17, 15) is 4.79 Å². The molecule has 4 rings (SSSR count). The van der Waals surface area contributed by atoms with E-state index in [1.54, 1.807) is 11.8 Å². The maximum absolute atomic E-state index is 13.6. The molecule has 4 aromatic rings. The van der Waals surface area contributed by atoms with Crippen LogP contribution in [0.2, 0.25) is 0 Å². The summed E-state index contributed by atoms with van der Waals surface area (Å²) in [6, 6.07) is 15.8. The third-order valence-corrected chi connectivity index (χ3v) is 6.35. The molecule has 5 nitrogen and oxygen atoms in total. The van der Waals surface area contributed by atoms with Crippen LogP contribution in [-0.4, -0.2) is 27.2 Å². The number of H-pyrrole nitrogens is 1. The van der Waals surface area contributed by atoms with E-state index in [1.165, 1.54) is 17.3 Å². The largest absolute Gasteiger partial charge is 0.415 e. The fourth-order valence-electron chi connectivity index (χ4n) is 3.33. The molecule has 0 amide bonds. The fourth-order valence-corrected chi connectivity index (χ4v) is 4.65. The van der Waals surface area contributed by atoms with Gasteiger partial charge in [0.15, 0.2) is 5.78 Å². The van der Waals surface area contributed by atoms with Gasteiger partial charge < -0.3 is 9.40 Å². The van der Waals surface area contributed by atoms with Crippen LogP contribution in [-0.2, 0) is 12.2 Å². The Kier molecular flexibility index (Phi) is 6.06. The number of aryl methyl sites for hydroxylation is 1. The van der Waals surface area contributed by atoms with Crippen molar-refractivity contribution in [2.24, 2.45) is 0 Å². The summed E-state index contributed by atoms with van der Waals surface area (Å²) in [5.41, 5.74) is 3.81. The standard InChI is InChI=1S/C22H21N3O2S2/c1-3-14-10-7-11-16-17(12-23-19(14)16)20(26)21(15-8-5-4-6-9-15)29-22-25-24-18(27-22)13-28-2/h4-12,21,23H,3,13H2,1-2H3. The predicted molar refractivity (Wildman–Crippen MR) is 119 cm³/mol. The number of ketones is 1. The molecule has 2 aromatic carbocycles. The summed E-state index contributed by atoms with van der Waals surface area (Å²) < 4.78 is 5.73. The molecule has 0 saturated carbocycles. The third-order valence-electron chi connectivity index (χ3n) is 4.72. The molecule has 148 valence electrons. The van der Waals surface area contributed by atoms with E-state index in [-0.39, 0.29) is 5.78 Å². The average molecular weight is 424 g/mol. The first-order valence-electron chi connectivity index (χ1n) is 9.37. The quantitative estimate of drug-likeness (QED) is 0.290. The number of nitrogens with zero attached hydrogens (tertiary/aromatic N) is 2. The van der Waals surface area contributed by atoms with Crippen LogP contribution in [0.4, 0.5) is 0 Å². The predicted octanol–water partition coefficient (Wildman–Crippen LogP) is 5.69. The maximum atomic E-state index is 13.6. The molecule has 0 bridgehead atoms. The first kappa shape index (κ1) is 19.8. The Morgan fingerprint density at radius 2 is 1.97 bits per heavy atom. The third kappa shape index (κ3) is 4.11. The Labute approximate surface area is 177 Å². The summed E-state index contributed by atoms with van der Waals surface area (Å²) in [6.07, 6.45) is 4.70. The molecule has 0 fully saturated rings. The van der Waals surface area contributed by atoms with Crippen molar-refractivity contribution in [1.82, 2.24) is 15.2 Å². The molecule has 0 radical (unpaired) electrons. The smallest absolute Gasteiger partial charge is 0.277 e. The summed E-state index contributed by atoms with van der Waals surface area (Å²) in [6.45, 7) is 2.11. The number of rotatable bonds is 8. The lowest BCUT2D eigenvalue weighted by Crippen LogP contribution is -2.09. The minimum atomic E-state index is -0.469. The number of thioether (sulfide) groups is 2. The van der Waals surface area contributed by atoms with Crippen molar-refractivity contribution < 1.29 is 9.21 Å². The zero-order chi connectivity index (χ0) is 20.2. The second-order valence-electron chi connectivity index (χ2n) is 6.56. The van der Waals surface area contributed by atoms with Crippen LogP contribution in [0, 0.1) is 0 Å². The number of aromatic amines is 1. The van der Waals surface area contributed by atoms with E-state index in [0.717, 1.165) is 22.9 Å². The van der Waals surface area contributed by atoms with Gasteiger partial charge in [-0.05, 0) is 35.6 Å². The molecule has 29 heavy (non-hydrogen) atoms. The average Bonchev–Trinajstić information content (AvgIpc) is 3.39. The normalized spacial score (nSPS) is 12.3. The minimum absolute atomic E-state index is 0.0188. The molecular formula is C22H21N3O2S2. The fraction of sp³-hybridized carbons (Fsp3) is 0.227. The lowest BCUT2D eigenvalue weighted by Gasteiger charge is -2.13. The summed E-state index contributed by atoms with van der Waals surface area (Å²) in [5, 5.41) is 9.08. The summed E-state index contributed by atoms with van der Waals surface area (Å²) in [5.74, 6) is 1.24. The van der Waals surface area contributed by atoms with Crippen LogP contribution in [0.15, 0.2) is 64.4 Å². The molecule has 2 aromatic heterocycles. The van der Waals surface area contributed by atoms with E-state index in [2.05, 4.69) is 28.2 Å². The van der Waals surface area contributed by atoms with Gasteiger partial charge in [-0.2, -0.15) is 11.8 Å². The summed E-state index contributed by atoms with van der Waals surface area (Å²) in [4.78, 5) is 16.9. The number of Topliss-reactive ketones (excluding diaryl/α,β-unsaturated/α-hetero) is 1. The number of hydrogen-bond donors (Lipinski definition) is 1. The lowest BCUT2D eigenvalue weighted by molar-refractivity contribution is 0.0990. The van der Waals surface area contributed by atoms with E-state index < -0.39 is 5.25 Å². The molecule has 7 heteroatoms. The molecule has 0 saturated heterocycles. The lowest BCUT2D eigenvalue weighted by atomic mass is 10.0. The monoisotopic (exact) mass is 423 g/mol. The number of para-hydroxylation sites is 1. The van der Waals surface area contributed by atoms with Crippen molar-refractivity contribution in [2.75, 3.05) is 6.26 Å². The SMILES string of the molecule is CCc1cccc2c(C(=O)C(Sc3nnc(CSC)o3)c3ccccc3)c[nH]c12. The van der Waals surface area contributed by atoms with Crippen LogP contribution in [0.1, 0.15) is 39.5 Å². The van der Waals surface area contributed by atoms with E-state index in [4.69, 9.17) is 4.42 Å². The van der Waals surface area contributed by atoms with Gasteiger partial charge in [0.25, 0.3) is 5.22 Å². The van der Waals surface area contributed by atoms with Crippen LogP contribution < -0.4 is 0 Å². The van der Waals surface area contributed by atoms with Gasteiger partial charge in [-0.3, -0.25) is 4.79 Å². The Morgan fingerprint density at radius 1 is 1.14 bits per heavy atom. The first-order chi connectivity index (χ1) is 14.2. The van der Waals surface area contributed by atoms with Crippen LogP contribution in [0.3, 0.4) is 0 Å². The second kappa shape index (κ2) is 8.88. The number of aromatic nitrogens is 3. The Hall–Kier alpha value is -2.51. The molecule has 0 spiro atoms. The molecule has 2 heterocycles. The number of carbonyl (C=O) groups is 1. The maximum Gasteiger partial charge on any atom is 0.277 e. The molecule has 0 aliphatic rings. The molecule has 1 N–H and O–H groups in total. The number of hydrogen-bond acceptors (Lipinski definition) is 6. The van der Waals surface area contributed by atoms with Crippen molar-refractivity contribution in [2.45, 2.75) is 29.6 Å². The number of carbonyl (C=O) groups excluding carboxylic acids is 1. The minimum Gasteiger partial charge on any atom is -0.415 e. The van der Waals surface area contributed by atoms with Gasteiger partial charge in [0.05, 0.1) is 5.75 Å². The number of benzene rings is 2. The van der Waals surface area contributed by atoms with Gasteiger partial charge in [0.2, 0.25) is 5.89 Å². The van der Waals surface area contributed by atoms with Crippen molar-refractivity contribution in [3.8, 4) is 0 Å². The highest BCUT2D eigenvalue weighted by Gasteiger charge is 2.28. The van der Waals surface area contributed by atoms with Crippen molar-refractivity contribution in [1.29, 1.82) is 0 Å². The van der Waals surface area contributed by atoms with Crippen molar-refractivity contribution in [3.63, 3.8) is 0 Å². The van der Waals surface area contributed by atoms with Gasteiger partial charge in [-0.15, -0.1) is 10.2 Å². The highest BCUT2D eigenvalue weighted by molar-refractivity contribution is 8.00. The first-order valence-corrected chi connectivity index (χ1v) is 11.6. The van der Waals surface area contributed by atoms with E-state index in [1.807, 2.05) is 54.9 Å². The molecule has 1 unspecified atom stereocenters. The Bertz CT molecular complexity index is 1120. The van der Waals surface area contributed by atoms with Crippen LogP contribution in [0.5, 0.6) is 0 Å². The van der Waals surface area contributed by atoms with E-state index >= 15 is 0 Å². The number of nitrogens with one attached hydrogen (secondary N) is 1. The van der Waals surface area contributed by atoms with Gasteiger partial charge in [0.1, 0.15) is 5.25 Å². The second-order valence-corrected chi connectivity index (χ2v) is 8.49. The van der Waals surface area contributed by atoms with Gasteiger partial charge in [-0.25, -0.2) is 0 Å². The zero-order valence-corrected chi connectivity index (χ0v) is 17.8. The molecule has 0 aliphatic carbocycles. The number of fused-ring (bicyclic) bond motifs is 1. The van der Waals surface area contributed by atoms with Crippen LogP contribution in [0.25, 0.3) is 10.9 Å². The van der Waals surface area contributed by atoms with E-state index in [0.29, 0.717) is 22.4 Å². The van der Waals surface area contributed by atoms with Gasteiger partial charge >= 0.3 is 0 Å². The summed E-state index contributed by atoms with van der Waals surface area (Å²) >= 11 is 2.92. The highest BCUT2D eigenvalue weighted by atomic mass is 32.2. The highest BCUT2D eigenvalue weighted by Crippen LogP contribution is 2.38. The molecule has 0 aliphatic heterocycles. The van der Waals surface area contributed by atoms with Crippen LogP contribution >= 0.6 is 23.5 Å². The van der Waals surface area contributed by atoms with Gasteiger partial charge in [-0.1, -0.05) is 55.5 Å². The topological polar surface area (TPSA) is 71.8 Å². The van der Waals surface area contributed by atoms with Crippen molar-refractivity contribution in [3.05, 3.63) is 77.3 Å². The summed E-state index contributed by atoms with van der Waals surface area (Å²) in [7, 11) is 0. The zero-order valence-electron chi connectivity index (χ0n) is 16.2. The Balaban J connectivity index is 1.72. The Morgan fingerprint density at radius 3 is 2.72 bits per heavy atom. The van der Waals surface area contributed by atoms with Gasteiger partial charge in [0, 0.05) is 22.7 Å². The van der Waals surface area contributed by atoms with Crippen molar-refractivity contribution >= 4 is 40.2 Å².